The summed E-state index contributed by atoms with van der Waals surface area (Å²) in [7, 11) is 1.34. The summed E-state index contributed by atoms with van der Waals surface area (Å²) < 4.78 is 22.5. The number of nitrogens with zero attached hydrogens (tertiary/aromatic N) is 1. The Kier molecular flexibility index (Phi) is 3.68. The molecule has 1 rings (SSSR count). The predicted molar refractivity (Wildman–Crippen MR) is 59.0 cm³/mol. The van der Waals surface area contributed by atoms with Crippen LogP contribution in [0.2, 0.25) is 0 Å². The highest BCUT2D eigenvalue weighted by atomic mass is 35.7. The van der Waals surface area contributed by atoms with Crippen LogP contribution in [0, 0.1) is 11.3 Å². The lowest BCUT2D eigenvalue weighted by Gasteiger charge is -2.06. The quantitative estimate of drug-likeness (QED) is 0.612. The third kappa shape index (κ3) is 2.40. The van der Waals surface area contributed by atoms with E-state index in [1.807, 2.05) is 6.07 Å². The molecule has 1 aromatic carbocycles. The van der Waals surface area contributed by atoms with E-state index in [0.717, 1.165) is 6.07 Å². The fourth-order valence-corrected chi connectivity index (χ4v) is 2.55. The van der Waals surface area contributed by atoms with Crippen LogP contribution in [0.4, 0.5) is 0 Å². The van der Waals surface area contributed by atoms with E-state index in [0.29, 0.717) is 18.3 Å². The molecular weight excluding hydrogens is 250 g/mol. The maximum atomic E-state index is 11.2. The number of rotatable bonds is 3. The molecule has 84 valence electrons. The molecule has 0 N–H and O–H groups in total. The van der Waals surface area contributed by atoms with Crippen molar-refractivity contribution in [1.82, 2.24) is 0 Å². The largest absolute Gasteiger partial charge is 0.298 e. The lowest BCUT2D eigenvalue weighted by molar-refractivity contribution is 0.112. The molecule has 6 heteroatoms. The minimum atomic E-state index is -3.90. The summed E-state index contributed by atoms with van der Waals surface area (Å²) in [5, 5.41) is 8.77. The van der Waals surface area contributed by atoms with Crippen LogP contribution in [0.25, 0.3) is 0 Å². The van der Waals surface area contributed by atoms with Gasteiger partial charge >= 0.3 is 0 Å². The number of nitriles is 1. The van der Waals surface area contributed by atoms with Crippen molar-refractivity contribution in [2.45, 2.75) is 18.2 Å². The molecule has 0 saturated carbocycles. The van der Waals surface area contributed by atoms with E-state index in [-0.39, 0.29) is 16.0 Å². The van der Waals surface area contributed by atoms with Crippen molar-refractivity contribution in [2.24, 2.45) is 0 Å². The Morgan fingerprint density at radius 1 is 1.50 bits per heavy atom. The van der Waals surface area contributed by atoms with Crippen molar-refractivity contribution in [3.8, 4) is 6.07 Å². The van der Waals surface area contributed by atoms with Crippen LogP contribution in [-0.2, 0) is 15.5 Å². The van der Waals surface area contributed by atoms with Gasteiger partial charge in [-0.1, -0.05) is 6.92 Å². The van der Waals surface area contributed by atoms with Crippen LogP contribution in [0.15, 0.2) is 17.0 Å². The van der Waals surface area contributed by atoms with Gasteiger partial charge in [-0.3, -0.25) is 4.79 Å². The molecule has 0 aliphatic rings. The highest BCUT2D eigenvalue weighted by molar-refractivity contribution is 8.13. The molecule has 0 spiro atoms. The first-order valence-electron chi connectivity index (χ1n) is 4.41. The van der Waals surface area contributed by atoms with Crippen LogP contribution in [-0.4, -0.2) is 14.7 Å². The summed E-state index contributed by atoms with van der Waals surface area (Å²) in [5.41, 5.74) is 0.604. The van der Waals surface area contributed by atoms with Crippen LogP contribution in [0.5, 0.6) is 0 Å². The number of hydrogen-bond donors (Lipinski definition) is 0. The highest BCUT2D eigenvalue weighted by Crippen LogP contribution is 2.24. The molecular formula is C10H8ClNO3S. The monoisotopic (exact) mass is 257 g/mol. The first-order chi connectivity index (χ1) is 7.43. The Balaban J connectivity index is 3.65. The third-order valence-electron chi connectivity index (χ3n) is 2.12. The molecule has 0 unspecified atom stereocenters. The number of halogens is 1. The van der Waals surface area contributed by atoms with E-state index >= 15 is 0 Å². The summed E-state index contributed by atoms with van der Waals surface area (Å²) in [5.74, 6) is 0. The van der Waals surface area contributed by atoms with Crippen LogP contribution < -0.4 is 0 Å². The SMILES string of the molecule is CCc1cc(C#N)c(C=O)cc1S(=O)(=O)Cl. The van der Waals surface area contributed by atoms with E-state index in [9.17, 15) is 13.2 Å². The lowest BCUT2D eigenvalue weighted by atomic mass is 10.0. The summed E-state index contributed by atoms with van der Waals surface area (Å²) in [6.45, 7) is 1.74. The smallest absolute Gasteiger partial charge is 0.261 e. The zero-order valence-electron chi connectivity index (χ0n) is 8.40. The average Bonchev–Trinajstić information content (AvgIpc) is 2.25. The highest BCUT2D eigenvalue weighted by Gasteiger charge is 2.17. The molecule has 4 nitrogen and oxygen atoms in total. The van der Waals surface area contributed by atoms with E-state index in [2.05, 4.69) is 0 Å². The summed E-state index contributed by atoms with van der Waals surface area (Å²) in [6, 6.07) is 4.34. The van der Waals surface area contributed by atoms with E-state index in [1.54, 1.807) is 6.92 Å². The van der Waals surface area contributed by atoms with Crippen molar-refractivity contribution in [3.05, 3.63) is 28.8 Å². The molecule has 0 aromatic heterocycles. The third-order valence-corrected chi connectivity index (χ3v) is 3.53. The Morgan fingerprint density at radius 3 is 2.50 bits per heavy atom. The number of aryl methyl sites for hydroxylation is 1. The second-order valence-electron chi connectivity index (χ2n) is 3.07. The first kappa shape index (κ1) is 12.7. The minimum absolute atomic E-state index is 0.0268. The van der Waals surface area contributed by atoms with Crippen LogP contribution in [0.1, 0.15) is 28.4 Å². The van der Waals surface area contributed by atoms with Crippen LogP contribution in [0.3, 0.4) is 0 Å². The molecule has 1 aromatic rings. The number of carbonyl (C=O) groups excluding carboxylic acids is 1. The van der Waals surface area contributed by atoms with Crippen molar-refractivity contribution in [1.29, 1.82) is 5.26 Å². The van der Waals surface area contributed by atoms with Gasteiger partial charge in [0, 0.05) is 16.2 Å². The summed E-state index contributed by atoms with van der Waals surface area (Å²) in [6.07, 6.45) is 0.846. The maximum Gasteiger partial charge on any atom is 0.261 e. The van der Waals surface area contributed by atoms with Gasteiger partial charge in [0.2, 0.25) is 0 Å². The van der Waals surface area contributed by atoms with Crippen molar-refractivity contribution in [3.63, 3.8) is 0 Å². The maximum absolute atomic E-state index is 11.2. The van der Waals surface area contributed by atoms with Gasteiger partial charge in [0.1, 0.15) is 0 Å². The molecule has 0 radical (unpaired) electrons. The summed E-state index contributed by atoms with van der Waals surface area (Å²) in [4.78, 5) is 10.6. The van der Waals surface area contributed by atoms with Crippen molar-refractivity contribution < 1.29 is 13.2 Å². The van der Waals surface area contributed by atoms with Gasteiger partial charge in [-0.25, -0.2) is 8.42 Å². The number of hydrogen-bond acceptors (Lipinski definition) is 4. The van der Waals surface area contributed by atoms with Crippen molar-refractivity contribution in [2.75, 3.05) is 0 Å². The van der Waals surface area contributed by atoms with Gasteiger partial charge < -0.3 is 0 Å². The Bertz CT molecular complexity index is 572. The fraction of sp³-hybridized carbons (Fsp3) is 0.200. The van der Waals surface area contributed by atoms with E-state index < -0.39 is 9.05 Å². The second kappa shape index (κ2) is 4.64. The number of benzene rings is 1. The predicted octanol–water partition coefficient (Wildman–Crippen LogP) is 1.86. The molecule has 0 aliphatic heterocycles. The molecule has 0 heterocycles. The second-order valence-corrected chi connectivity index (χ2v) is 5.60. The van der Waals surface area contributed by atoms with Crippen molar-refractivity contribution >= 4 is 26.0 Å². The fourth-order valence-electron chi connectivity index (χ4n) is 1.34. The molecule has 0 fully saturated rings. The Morgan fingerprint density at radius 2 is 2.12 bits per heavy atom. The molecule has 0 aliphatic carbocycles. The lowest BCUT2D eigenvalue weighted by Crippen LogP contribution is -2.01. The van der Waals surface area contributed by atoms with Gasteiger partial charge in [0.25, 0.3) is 9.05 Å². The van der Waals surface area contributed by atoms with Gasteiger partial charge in [0.05, 0.1) is 16.5 Å². The zero-order valence-corrected chi connectivity index (χ0v) is 9.97. The number of carbonyl (C=O) groups is 1. The standard InChI is InChI=1S/C10H8ClNO3S/c1-2-7-3-8(5-12)9(6-13)4-10(7)16(11,14)15/h3-4,6H,2H2,1H3. The summed E-state index contributed by atoms with van der Waals surface area (Å²) >= 11 is 0. The molecule has 0 amide bonds. The molecule has 0 saturated heterocycles. The van der Waals surface area contributed by atoms with Gasteiger partial charge in [-0.15, -0.1) is 0 Å². The van der Waals surface area contributed by atoms with Crippen LogP contribution >= 0.6 is 10.7 Å². The average molecular weight is 258 g/mol. The van der Waals surface area contributed by atoms with Gasteiger partial charge in [0.15, 0.2) is 6.29 Å². The topological polar surface area (TPSA) is 75.0 Å². The zero-order chi connectivity index (χ0) is 12.3. The molecule has 0 atom stereocenters. The van der Waals surface area contributed by atoms with Gasteiger partial charge in [-0.2, -0.15) is 5.26 Å². The first-order valence-corrected chi connectivity index (χ1v) is 6.71. The molecule has 0 bridgehead atoms. The van der Waals surface area contributed by atoms with E-state index in [4.69, 9.17) is 15.9 Å². The number of aldehydes is 1. The Labute approximate surface area is 97.9 Å². The normalized spacial score (nSPS) is 10.8. The van der Waals surface area contributed by atoms with E-state index in [1.165, 1.54) is 6.07 Å². The molecule has 16 heavy (non-hydrogen) atoms. The minimum Gasteiger partial charge on any atom is -0.298 e. The van der Waals surface area contributed by atoms with Gasteiger partial charge in [-0.05, 0) is 24.1 Å². The Hall–Kier alpha value is -1.38.